The first kappa shape index (κ1) is 22.1. The van der Waals surface area contributed by atoms with Crippen LogP contribution >= 0.6 is 0 Å². The number of hydrogen-bond acceptors (Lipinski definition) is 3. The molecule has 1 aliphatic rings. The van der Waals surface area contributed by atoms with Gasteiger partial charge in [-0.2, -0.15) is 0 Å². The number of nitrogens with two attached hydrogens (primary N) is 3. The molecular formula is C22H43N3. The Morgan fingerprint density at radius 2 is 1.28 bits per heavy atom. The van der Waals surface area contributed by atoms with E-state index in [2.05, 4.69) is 26.8 Å². The fourth-order valence-electron chi connectivity index (χ4n) is 4.55. The molecule has 0 saturated carbocycles. The first-order valence-electron chi connectivity index (χ1n) is 10.7. The van der Waals surface area contributed by atoms with Gasteiger partial charge in [0.2, 0.25) is 0 Å². The number of allylic oxidation sites excluding steroid dienone is 1. The van der Waals surface area contributed by atoms with Crippen LogP contribution in [0.15, 0.2) is 23.5 Å². The average molecular weight is 350 g/mol. The maximum atomic E-state index is 7.09. The molecule has 1 atom stereocenters. The fraction of sp³-hybridized carbons (Fsp3) is 0.818. The Bertz CT molecular complexity index is 412. The van der Waals surface area contributed by atoms with Crippen LogP contribution in [0.3, 0.4) is 0 Å². The van der Waals surface area contributed by atoms with Crippen LogP contribution in [0.2, 0.25) is 0 Å². The lowest BCUT2D eigenvalue weighted by Gasteiger charge is -2.49. The van der Waals surface area contributed by atoms with Gasteiger partial charge in [-0.1, -0.05) is 78.6 Å². The molecule has 0 bridgehead atoms. The second kappa shape index (κ2) is 10.9. The Labute approximate surface area is 156 Å². The van der Waals surface area contributed by atoms with Crippen molar-refractivity contribution in [1.82, 2.24) is 0 Å². The molecule has 6 N–H and O–H groups in total. The minimum Gasteiger partial charge on any atom is -0.402 e. The van der Waals surface area contributed by atoms with Gasteiger partial charge >= 0.3 is 0 Å². The van der Waals surface area contributed by atoms with Crippen LogP contribution in [0.1, 0.15) is 104 Å². The summed E-state index contributed by atoms with van der Waals surface area (Å²) in [6.45, 7) is 6.81. The van der Waals surface area contributed by atoms with E-state index in [0.717, 1.165) is 17.8 Å². The van der Waals surface area contributed by atoms with Crippen LogP contribution in [-0.2, 0) is 0 Å². The molecule has 0 spiro atoms. The first-order valence-corrected chi connectivity index (χ1v) is 10.7. The molecule has 3 heteroatoms. The van der Waals surface area contributed by atoms with Crippen molar-refractivity contribution in [3.63, 3.8) is 0 Å². The van der Waals surface area contributed by atoms with E-state index in [1.807, 2.05) is 6.08 Å². The van der Waals surface area contributed by atoms with E-state index in [1.54, 1.807) is 0 Å². The Balaban J connectivity index is 3.11. The third kappa shape index (κ3) is 6.36. The zero-order valence-electron chi connectivity index (χ0n) is 17.1. The lowest BCUT2D eigenvalue weighted by Crippen LogP contribution is -2.56. The van der Waals surface area contributed by atoms with Gasteiger partial charge in [-0.15, -0.1) is 0 Å². The first-order chi connectivity index (χ1) is 11.9. The summed E-state index contributed by atoms with van der Waals surface area (Å²) in [5.41, 5.74) is 20.8. The summed E-state index contributed by atoms with van der Waals surface area (Å²) in [7, 11) is 0. The van der Waals surface area contributed by atoms with Crippen LogP contribution in [0.4, 0.5) is 0 Å². The van der Waals surface area contributed by atoms with Crippen molar-refractivity contribution in [2.24, 2.45) is 22.6 Å². The maximum absolute atomic E-state index is 7.09. The molecule has 0 amide bonds. The highest BCUT2D eigenvalue weighted by molar-refractivity contribution is 5.34. The molecule has 0 radical (unpaired) electrons. The predicted molar refractivity (Wildman–Crippen MR) is 111 cm³/mol. The van der Waals surface area contributed by atoms with Gasteiger partial charge in [0.15, 0.2) is 0 Å². The van der Waals surface area contributed by atoms with E-state index in [-0.39, 0.29) is 5.41 Å². The van der Waals surface area contributed by atoms with Crippen LogP contribution < -0.4 is 17.2 Å². The van der Waals surface area contributed by atoms with E-state index < -0.39 is 5.54 Å². The zero-order valence-corrected chi connectivity index (χ0v) is 17.1. The highest BCUT2D eigenvalue weighted by Crippen LogP contribution is 2.49. The molecule has 146 valence electrons. The Kier molecular flexibility index (Phi) is 9.63. The van der Waals surface area contributed by atoms with Crippen molar-refractivity contribution in [2.75, 3.05) is 0 Å². The van der Waals surface area contributed by atoms with Crippen molar-refractivity contribution >= 4 is 0 Å². The molecule has 0 saturated heterocycles. The van der Waals surface area contributed by atoms with Gasteiger partial charge in [0.1, 0.15) is 0 Å². The molecule has 1 unspecified atom stereocenters. The summed E-state index contributed by atoms with van der Waals surface area (Å²) in [6.07, 6.45) is 19.7. The van der Waals surface area contributed by atoms with Crippen molar-refractivity contribution in [2.45, 2.75) is 110 Å². The molecule has 0 aromatic rings. The van der Waals surface area contributed by atoms with Gasteiger partial charge in [-0.3, -0.25) is 0 Å². The van der Waals surface area contributed by atoms with Gasteiger partial charge in [-0.05, 0) is 36.8 Å². The van der Waals surface area contributed by atoms with E-state index in [1.165, 1.54) is 77.0 Å². The summed E-state index contributed by atoms with van der Waals surface area (Å²) in [6, 6.07) is 0. The van der Waals surface area contributed by atoms with Crippen LogP contribution in [0, 0.1) is 5.41 Å². The third-order valence-electron chi connectivity index (χ3n) is 6.04. The fourth-order valence-corrected chi connectivity index (χ4v) is 4.55. The number of unbranched alkanes of at least 4 members (excludes halogenated alkanes) is 6. The topological polar surface area (TPSA) is 78.1 Å². The molecule has 0 aliphatic heterocycles. The SMILES string of the molecule is CCCCCC(CCCCC)(CCCCC)C1(N)C=C(N)C=C(N)C1. The van der Waals surface area contributed by atoms with Crippen LogP contribution in [0.25, 0.3) is 0 Å². The normalized spacial score (nSPS) is 21.1. The highest BCUT2D eigenvalue weighted by atomic mass is 14.8. The Morgan fingerprint density at radius 1 is 0.840 bits per heavy atom. The minimum absolute atomic E-state index is 0.121. The van der Waals surface area contributed by atoms with Crippen LogP contribution in [0.5, 0.6) is 0 Å². The lowest BCUT2D eigenvalue weighted by molar-refractivity contribution is 0.0999. The molecule has 0 fully saturated rings. The minimum atomic E-state index is -0.398. The molecule has 3 nitrogen and oxygen atoms in total. The standard InChI is InChI=1S/C22H43N3/c1-4-7-10-13-21(14-11-8-5-2,15-12-9-6-3)22(25)17-19(23)16-20(24)18-22/h16-17H,4-15,18,23-25H2,1-3H3. The zero-order chi connectivity index (χ0) is 18.8. The van der Waals surface area contributed by atoms with E-state index in [4.69, 9.17) is 17.2 Å². The number of hydrogen-bond donors (Lipinski definition) is 3. The van der Waals surface area contributed by atoms with Crippen molar-refractivity contribution < 1.29 is 0 Å². The second-order valence-corrected chi connectivity index (χ2v) is 8.23. The van der Waals surface area contributed by atoms with Crippen molar-refractivity contribution in [3.05, 3.63) is 23.5 Å². The van der Waals surface area contributed by atoms with Gasteiger partial charge in [0.05, 0.1) is 0 Å². The van der Waals surface area contributed by atoms with Crippen LogP contribution in [-0.4, -0.2) is 5.54 Å². The summed E-state index contributed by atoms with van der Waals surface area (Å²) in [5, 5.41) is 0. The lowest BCUT2D eigenvalue weighted by atomic mass is 9.59. The Hall–Kier alpha value is -0.960. The molecule has 0 aromatic carbocycles. The van der Waals surface area contributed by atoms with Gasteiger partial charge in [0, 0.05) is 23.4 Å². The predicted octanol–water partition coefficient (Wildman–Crippen LogP) is 5.50. The summed E-state index contributed by atoms with van der Waals surface area (Å²) >= 11 is 0. The Morgan fingerprint density at radius 3 is 1.64 bits per heavy atom. The average Bonchev–Trinajstić information content (AvgIpc) is 2.53. The molecule has 1 rings (SSSR count). The maximum Gasteiger partial charge on any atom is 0.0474 e. The van der Waals surface area contributed by atoms with E-state index in [0.29, 0.717) is 0 Å². The van der Waals surface area contributed by atoms with Crippen molar-refractivity contribution in [3.8, 4) is 0 Å². The summed E-state index contributed by atoms with van der Waals surface area (Å²) in [4.78, 5) is 0. The van der Waals surface area contributed by atoms with Crippen molar-refractivity contribution in [1.29, 1.82) is 0 Å². The molecule has 0 heterocycles. The summed E-state index contributed by atoms with van der Waals surface area (Å²) in [5.74, 6) is 0. The quantitative estimate of drug-likeness (QED) is 0.384. The molecule has 25 heavy (non-hydrogen) atoms. The van der Waals surface area contributed by atoms with E-state index in [9.17, 15) is 0 Å². The largest absolute Gasteiger partial charge is 0.402 e. The third-order valence-corrected chi connectivity index (χ3v) is 6.04. The molecule has 0 aromatic heterocycles. The van der Waals surface area contributed by atoms with Gasteiger partial charge < -0.3 is 17.2 Å². The summed E-state index contributed by atoms with van der Waals surface area (Å²) < 4.78 is 0. The molecule has 1 aliphatic carbocycles. The highest BCUT2D eigenvalue weighted by Gasteiger charge is 2.47. The monoisotopic (exact) mass is 349 g/mol. The molecular weight excluding hydrogens is 306 g/mol. The van der Waals surface area contributed by atoms with Gasteiger partial charge in [0.25, 0.3) is 0 Å². The number of rotatable bonds is 13. The second-order valence-electron chi connectivity index (χ2n) is 8.23. The van der Waals surface area contributed by atoms with E-state index >= 15 is 0 Å². The van der Waals surface area contributed by atoms with Gasteiger partial charge in [-0.25, -0.2) is 0 Å². The smallest absolute Gasteiger partial charge is 0.0474 e.